The molecule has 0 bridgehead atoms. The first-order chi connectivity index (χ1) is 8.54. The standard InChI is InChI=1S/C12H13ClN4O/c1-8-4-5-17(16-8)7-12(18)15-11-6-9(14)2-3-10(11)13/h2-6H,7,14H2,1H3,(H,15,18). The van der Waals surface area contributed by atoms with Gasteiger partial charge in [-0.15, -0.1) is 0 Å². The third-order valence-electron chi connectivity index (χ3n) is 2.34. The van der Waals surface area contributed by atoms with E-state index in [9.17, 15) is 4.79 Å². The summed E-state index contributed by atoms with van der Waals surface area (Å²) in [6.07, 6.45) is 1.75. The van der Waals surface area contributed by atoms with Crippen LogP contribution in [0.1, 0.15) is 5.69 Å². The summed E-state index contributed by atoms with van der Waals surface area (Å²) in [7, 11) is 0. The summed E-state index contributed by atoms with van der Waals surface area (Å²) in [4.78, 5) is 11.8. The Bertz CT molecular complexity index is 579. The highest BCUT2D eigenvalue weighted by Crippen LogP contribution is 2.23. The first kappa shape index (κ1) is 12.4. The quantitative estimate of drug-likeness (QED) is 0.834. The molecular formula is C12H13ClN4O. The van der Waals surface area contributed by atoms with Crippen LogP contribution >= 0.6 is 11.6 Å². The Morgan fingerprint density at radius 2 is 2.28 bits per heavy atom. The fraction of sp³-hybridized carbons (Fsp3) is 0.167. The van der Waals surface area contributed by atoms with Crippen molar-refractivity contribution in [2.75, 3.05) is 11.1 Å². The lowest BCUT2D eigenvalue weighted by molar-refractivity contribution is -0.116. The smallest absolute Gasteiger partial charge is 0.246 e. The third-order valence-corrected chi connectivity index (χ3v) is 2.67. The summed E-state index contributed by atoms with van der Waals surface area (Å²) in [6, 6.07) is 6.77. The number of aryl methyl sites for hydroxylation is 1. The van der Waals surface area contributed by atoms with Crippen molar-refractivity contribution in [3.63, 3.8) is 0 Å². The van der Waals surface area contributed by atoms with E-state index in [1.807, 2.05) is 13.0 Å². The molecule has 6 heteroatoms. The van der Waals surface area contributed by atoms with E-state index < -0.39 is 0 Å². The van der Waals surface area contributed by atoms with E-state index in [1.54, 1.807) is 29.1 Å². The van der Waals surface area contributed by atoms with Gasteiger partial charge in [0, 0.05) is 11.9 Å². The fourth-order valence-corrected chi connectivity index (χ4v) is 1.69. The number of halogens is 1. The highest BCUT2D eigenvalue weighted by molar-refractivity contribution is 6.33. The fourth-order valence-electron chi connectivity index (χ4n) is 1.53. The molecular weight excluding hydrogens is 252 g/mol. The van der Waals surface area contributed by atoms with Crippen LogP contribution in [0.2, 0.25) is 5.02 Å². The first-order valence-electron chi connectivity index (χ1n) is 5.39. The second kappa shape index (κ2) is 5.10. The van der Waals surface area contributed by atoms with E-state index >= 15 is 0 Å². The topological polar surface area (TPSA) is 72.9 Å². The molecule has 0 aliphatic rings. The van der Waals surface area contributed by atoms with Crippen molar-refractivity contribution in [1.82, 2.24) is 9.78 Å². The van der Waals surface area contributed by atoms with Crippen molar-refractivity contribution >= 4 is 28.9 Å². The van der Waals surface area contributed by atoms with Crippen molar-refractivity contribution in [3.05, 3.63) is 41.2 Å². The molecule has 2 aromatic rings. The third kappa shape index (κ3) is 3.01. The lowest BCUT2D eigenvalue weighted by Crippen LogP contribution is -2.19. The van der Waals surface area contributed by atoms with Crippen molar-refractivity contribution in [2.24, 2.45) is 0 Å². The van der Waals surface area contributed by atoms with Crippen LogP contribution in [-0.4, -0.2) is 15.7 Å². The number of nitrogens with two attached hydrogens (primary N) is 1. The largest absolute Gasteiger partial charge is 0.399 e. The zero-order valence-corrected chi connectivity index (χ0v) is 10.6. The summed E-state index contributed by atoms with van der Waals surface area (Å²) in [5.41, 5.74) is 7.55. The van der Waals surface area contributed by atoms with E-state index in [-0.39, 0.29) is 12.5 Å². The molecule has 18 heavy (non-hydrogen) atoms. The minimum Gasteiger partial charge on any atom is -0.399 e. The van der Waals surface area contributed by atoms with E-state index in [4.69, 9.17) is 17.3 Å². The molecule has 2 rings (SSSR count). The number of hydrogen-bond donors (Lipinski definition) is 2. The van der Waals surface area contributed by atoms with Gasteiger partial charge in [-0.1, -0.05) is 11.6 Å². The number of aromatic nitrogens is 2. The van der Waals surface area contributed by atoms with E-state index in [0.29, 0.717) is 16.4 Å². The van der Waals surface area contributed by atoms with E-state index in [0.717, 1.165) is 5.69 Å². The van der Waals surface area contributed by atoms with Crippen LogP contribution in [0.15, 0.2) is 30.5 Å². The highest BCUT2D eigenvalue weighted by Gasteiger charge is 2.07. The molecule has 5 nitrogen and oxygen atoms in total. The predicted octanol–water partition coefficient (Wildman–Crippen LogP) is 2.07. The molecule has 0 aliphatic heterocycles. The number of amides is 1. The Morgan fingerprint density at radius 1 is 1.50 bits per heavy atom. The monoisotopic (exact) mass is 264 g/mol. The molecule has 0 saturated heterocycles. The molecule has 1 aromatic heterocycles. The normalized spacial score (nSPS) is 10.3. The molecule has 0 aliphatic carbocycles. The van der Waals surface area contributed by atoms with Crippen LogP contribution < -0.4 is 11.1 Å². The van der Waals surface area contributed by atoms with Crippen LogP contribution in [0, 0.1) is 6.92 Å². The minimum atomic E-state index is -0.203. The first-order valence-corrected chi connectivity index (χ1v) is 5.77. The number of carbonyl (C=O) groups is 1. The van der Waals surface area contributed by atoms with Crippen LogP contribution in [0.3, 0.4) is 0 Å². The maximum Gasteiger partial charge on any atom is 0.246 e. The molecule has 0 fully saturated rings. The molecule has 0 spiro atoms. The van der Waals surface area contributed by atoms with Gasteiger partial charge in [-0.3, -0.25) is 9.48 Å². The minimum absolute atomic E-state index is 0.138. The number of carbonyl (C=O) groups excluding carboxylic acids is 1. The number of nitrogens with zero attached hydrogens (tertiary/aromatic N) is 2. The number of hydrogen-bond acceptors (Lipinski definition) is 3. The van der Waals surface area contributed by atoms with Gasteiger partial charge in [-0.25, -0.2) is 0 Å². The molecule has 94 valence electrons. The number of rotatable bonds is 3. The van der Waals surface area contributed by atoms with Gasteiger partial charge in [0.25, 0.3) is 0 Å². The van der Waals surface area contributed by atoms with E-state index in [1.165, 1.54) is 0 Å². The zero-order chi connectivity index (χ0) is 13.1. The molecule has 3 N–H and O–H groups in total. The van der Waals surface area contributed by atoms with Crippen LogP contribution in [0.4, 0.5) is 11.4 Å². The van der Waals surface area contributed by atoms with Gasteiger partial charge in [0.1, 0.15) is 6.54 Å². The summed E-state index contributed by atoms with van der Waals surface area (Å²) >= 11 is 5.95. The summed E-state index contributed by atoms with van der Waals surface area (Å²) in [5.74, 6) is -0.203. The van der Waals surface area contributed by atoms with Crippen LogP contribution in [0.25, 0.3) is 0 Å². The average molecular weight is 265 g/mol. The lowest BCUT2D eigenvalue weighted by Gasteiger charge is -2.08. The van der Waals surface area contributed by atoms with Gasteiger partial charge >= 0.3 is 0 Å². The van der Waals surface area contributed by atoms with Gasteiger partial charge in [0.15, 0.2) is 0 Å². The molecule has 1 aromatic carbocycles. The maximum absolute atomic E-state index is 11.8. The van der Waals surface area contributed by atoms with Crippen molar-refractivity contribution < 1.29 is 4.79 Å². The number of nitrogen functional groups attached to an aromatic ring is 1. The number of anilines is 2. The Morgan fingerprint density at radius 3 is 2.94 bits per heavy atom. The Hall–Kier alpha value is -2.01. The van der Waals surface area contributed by atoms with Gasteiger partial charge < -0.3 is 11.1 Å². The maximum atomic E-state index is 11.8. The zero-order valence-electron chi connectivity index (χ0n) is 9.85. The van der Waals surface area contributed by atoms with Crippen LogP contribution in [0.5, 0.6) is 0 Å². The molecule has 0 unspecified atom stereocenters. The number of nitrogens with one attached hydrogen (secondary N) is 1. The Balaban J connectivity index is 2.05. The molecule has 0 radical (unpaired) electrons. The van der Waals surface area contributed by atoms with Gasteiger partial charge in [0.05, 0.1) is 16.4 Å². The highest BCUT2D eigenvalue weighted by atomic mass is 35.5. The lowest BCUT2D eigenvalue weighted by atomic mass is 10.3. The summed E-state index contributed by atoms with van der Waals surface area (Å²) in [6.45, 7) is 2.00. The summed E-state index contributed by atoms with van der Waals surface area (Å²) < 4.78 is 1.56. The molecule has 1 heterocycles. The Labute approximate surface area is 110 Å². The van der Waals surface area contributed by atoms with Gasteiger partial charge in [-0.05, 0) is 31.2 Å². The Kier molecular flexibility index (Phi) is 3.53. The second-order valence-corrected chi connectivity index (χ2v) is 4.35. The van der Waals surface area contributed by atoms with Crippen LogP contribution in [-0.2, 0) is 11.3 Å². The van der Waals surface area contributed by atoms with Gasteiger partial charge in [0.2, 0.25) is 5.91 Å². The molecule has 1 amide bonds. The average Bonchev–Trinajstić information content (AvgIpc) is 2.69. The van der Waals surface area contributed by atoms with Crippen molar-refractivity contribution in [1.29, 1.82) is 0 Å². The predicted molar refractivity (Wildman–Crippen MR) is 71.5 cm³/mol. The second-order valence-electron chi connectivity index (χ2n) is 3.94. The van der Waals surface area contributed by atoms with Crippen molar-refractivity contribution in [3.8, 4) is 0 Å². The van der Waals surface area contributed by atoms with Gasteiger partial charge in [-0.2, -0.15) is 5.10 Å². The van der Waals surface area contributed by atoms with Crippen molar-refractivity contribution in [2.45, 2.75) is 13.5 Å². The molecule has 0 atom stereocenters. The van der Waals surface area contributed by atoms with E-state index in [2.05, 4.69) is 10.4 Å². The SMILES string of the molecule is Cc1ccn(CC(=O)Nc2cc(N)ccc2Cl)n1. The summed E-state index contributed by atoms with van der Waals surface area (Å²) in [5, 5.41) is 7.28. The number of benzene rings is 1. The molecule has 0 saturated carbocycles.